The molecule has 0 saturated carbocycles. The molecule has 1 aromatic rings. The Labute approximate surface area is 71.7 Å². The number of aliphatic hydroxyl groups excluding tert-OH is 2. The number of aromatic nitrogens is 1. The fourth-order valence-electron chi connectivity index (χ4n) is 1.02. The molecule has 1 rings (SSSR count). The van der Waals surface area contributed by atoms with Gasteiger partial charge >= 0.3 is 0 Å². The third-order valence-corrected chi connectivity index (χ3v) is 1.70. The molecule has 0 spiro atoms. The molecule has 0 aromatic carbocycles. The van der Waals surface area contributed by atoms with Crippen LogP contribution in [0, 0.1) is 0 Å². The first-order chi connectivity index (χ1) is 5.84. The average molecular weight is 167 g/mol. The van der Waals surface area contributed by atoms with Crippen molar-refractivity contribution >= 4 is 0 Å². The van der Waals surface area contributed by atoms with E-state index in [2.05, 4.69) is 4.98 Å². The van der Waals surface area contributed by atoms with Crippen molar-refractivity contribution < 1.29 is 10.2 Å². The summed E-state index contributed by atoms with van der Waals surface area (Å²) in [6.45, 7) is 0.122. The summed E-state index contributed by atoms with van der Waals surface area (Å²) in [7, 11) is 0. The second-order valence-electron chi connectivity index (χ2n) is 2.67. The van der Waals surface area contributed by atoms with E-state index in [1.807, 2.05) is 6.07 Å². The lowest BCUT2D eigenvalue weighted by atomic mass is 10.1. The fraction of sp³-hybridized carbons (Fsp3) is 0.444. The lowest BCUT2D eigenvalue weighted by Crippen LogP contribution is -1.98. The van der Waals surface area contributed by atoms with E-state index >= 15 is 0 Å². The van der Waals surface area contributed by atoms with Crippen molar-refractivity contribution in [2.24, 2.45) is 0 Å². The average Bonchev–Trinajstić information content (AvgIpc) is 2.15. The molecule has 0 aliphatic carbocycles. The zero-order valence-electron chi connectivity index (χ0n) is 6.85. The summed E-state index contributed by atoms with van der Waals surface area (Å²) in [4.78, 5) is 3.89. The Morgan fingerprint density at radius 1 is 1.50 bits per heavy atom. The van der Waals surface area contributed by atoms with Crippen LogP contribution in [-0.2, 0) is 0 Å². The molecule has 0 fully saturated rings. The number of hydrogen-bond acceptors (Lipinski definition) is 3. The fourth-order valence-corrected chi connectivity index (χ4v) is 1.02. The Morgan fingerprint density at radius 2 is 2.33 bits per heavy atom. The molecule has 0 saturated heterocycles. The van der Waals surface area contributed by atoms with Gasteiger partial charge in [0, 0.05) is 19.0 Å². The molecule has 1 unspecified atom stereocenters. The second-order valence-corrected chi connectivity index (χ2v) is 2.67. The molecule has 0 radical (unpaired) electrons. The van der Waals surface area contributed by atoms with Crippen LogP contribution < -0.4 is 0 Å². The first-order valence-corrected chi connectivity index (χ1v) is 4.03. The molecule has 66 valence electrons. The molecule has 12 heavy (non-hydrogen) atoms. The monoisotopic (exact) mass is 167 g/mol. The van der Waals surface area contributed by atoms with Crippen LogP contribution in [0.2, 0.25) is 0 Å². The molecular weight excluding hydrogens is 154 g/mol. The van der Waals surface area contributed by atoms with E-state index in [4.69, 9.17) is 5.11 Å². The largest absolute Gasteiger partial charge is 0.396 e. The Morgan fingerprint density at radius 3 is 2.92 bits per heavy atom. The van der Waals surface area contributed by atoms with Gasteiger partial charge in [-0.25, -0.2) is 0 Å². The maximum atomic E-state index is 9.50. The quantitative estimate of drug-likeness (QED) is 0.700. The number of aliphatic hydroxyl groups is 2. The molecule has 0 amide bonds. The van der Waals surface area contributed by atoms with E-state index in [9.17, 15) is 5.11 Å². The SMILES string of the molecule is OCCCC(O)c1cccnc1. The maximum absolute atomic E-state index is 9.50. The molecule has 1 aromatic heterocycles. The van der Waals surface area contributed by atoms with Gasteiger partial charge < -0.3 is 10.2 Å². The van der Waals surface area contributed by atoms with Crippen LogP contribution in [0.15, 0.2) is 24.5 Å². The van der Waals surface area contributed by atoms with Crippen LogP contribution in [-0.4, -0.2) is 21.8 Å². The minimum absolute atomic E-state index is 0.122. The normalized spacial score (nSPS) is 12.8. The van der Waals surface area contributed by atoms with Crippen molar-refractivity contribution in [3.8, 4) is 0 Å². The first kappa shape index (κ1) is 9.16. The predicted molar refractivity (Wildman–Crippen MR) is 45.5 cm³/mol. The highest BCUT2D eigenvalue weighted by molar-refractivity contribution is 5.11. The molecule has 2 N–H and O–H groups in total. The third kappa shape index (κ3) is 2.60. The Balaban J connectivity index is 2.48. The predicted octanol–water partition coefficient (Wildman–Crippen LogP) is 0.887. The topological polar surface area (TPSA) is 53.4 Å². The molecule has 3 nitrogen and oxygen atoms in total. The summed E-state index contributed by atoms with van der Waals surface area (Å²) >= 11 is 0. The van der Waals surface area contributed by atoms with Gasteiger partial charge in [-0.2, -0.15) is 0 Å². The number of rotatable bonds is 4. The van der Waals surface area contributed by atoms with Crippen molar-refractivity contribution in [1.82, 2.24) is 4.98 Å². The van der Waals surface area contributed by atoms with Gasteiger partial charge in [-0.15, -0.1) is 0 Å². The number of pyridine rings is 1. The smallest absolute Gasteiger partial charge is 0.0805 e. The maximum Gasteiger partial charge on any atom is 0.0805 e. The lowest BCUT2D eigenvalue weighted by molar-refractivity contribution is 0.151. The molecule has 0 aliphatic rings. The van der Waals surface area contributed by atoms with Gasteiger partial charge in [0.05, 0.1) is 6.10 Å². The Kier molecular flexibility index (Phi) is 3.70. The molecule has 1 atom stereocenters. The van der Waals surface area contributed by atoms with Crippen molar-refractivity contribution in [3.05, 3.63) is 30.1 Å². The summed E-state index contributed by atoms with van der Waals surface area (Å²) in [6.07, 6.45) is 4.02. The van der Waals surface area contributed by atoms with Crippen molar-refractivity contribution in [2.45, 2.75) is 18.9 Å². The van der Waals surface area contributed by atoms with Gasteiger partial charge in [0.1, 0.15) is 0 Å². The number of hydrogen-bond donors (Lipinski definition) is 2. The standard InChI is InChI=1S/C9H13NO2/c11-6-2-4-9(12)8-3-1-5-10-7-8/h1,3,5,7,9,11-12H,2,4,6H2. The van der Waals surface area contributed by atoms with Gasteiger partial charge in [-0.05, 0) is 24.5 Å². The summed E-state index contributed by atoms with van der Waals surface area (Å²) in [5, 5.41) is 18.0. The highest BCUT2D eigenvalue weighted by Gasteiger charge is 2.05. The van der Waals surface area contributed by atoms with Gasteiger partial charge in [-0.3, -0.25) is 4.98 Å². The van der Waals surface area contributed by atoms with Crippen LogP contribution in [0.3, 0.4) is 0 Å². The van der Waals surface area contributed by atoms with Crippen LogP contribution >= 0.6 is 0 Å². The highest BCUT2D eigenvalue weighted by Crippen LogP contribution is 2.15. The zero-order chi connectivity index (χ0) is 8.81. The van der Waals surface area contributed by atoms with E-state index in [-0.39, 0.29) is 6.61 Å². The van der Waals surface area contributed by atoms with E-state index in [0.29, 0.717) is 12.8 Å². The van der Waals surface area contributed by atoms with Crippen LogP contribution in [0.4, 0.5) is 0 Å². The summed E-state index contributed by atoms with van der Waals surface area (Å²) in [6, 6.07) is 3.62. The van der Waals surface area contributed by atoms with Gasteiger partial charge in [0.15, 0.2) is 0 Å². The molecule has 1 heterocycles. The lowest BCUT2D eigenvalue weighted by Gasteiger charge is -2.08. The highest BCUT2D eigenvalue weighted by atomic mass is 16.3. The second kappa shape index (κ2) is 4.85. The van der Waals surface area contributed by atoms with Crippen LogP contribution in [0.5, 0.6) is 0 Å². The van der Waals surface area contributed by atoms with Crippen molar-refractivity contribution in [2.75, 3.05) is 6.61 Å². The van der Waals surface area contributed by atoms with Gasteiger partial charge in [-0.1, -0.05) is 6.07 Å². The molecule has 0 aliphatic heterocycles. The minimum Gasteiger partial charge on any atom is -0.396 e. The van der Waals surface area contributed by atoms with Gasteiger partial charge in [0.2, 0.25) is 0 Å². The van der Waals surface area contributed by atoms with E-state index < -0.39 is 6.10 Å². The summed E-state index contributed by atoms with van der Waals surface area (Å²) < 4.78 is 0. The Hall–Kier alpha value is -0.930. The first-order valence-electron chi connectivity index (χ1n) is 4.03. The minimum atomic E-state index is -0.495. The van der Waals surface area contributed by atoms with E-state index in [1.165, 1.54) is 0 Å². The van der Waals surface area contributed by atoms with Crippen molar-refractivity contribution in [3.63, 3.8) is 0 Å². The van der Waals surface area contributed by atoms with Crippen LogP contribution in [0.1, 0.15) is 24.5 Å². The Bertz CT molecular complexity index is 213. The molecular formula is C9H13NO2. The van der Waals surface area contributed by atoms with Gasteiger partial charge in [0.25, 0.3) is 0 Å². The summed E-state index contributed by atoms with van der Waals surface area (Å²) in [5.74, 6) is 0. The zero-order valence-corrected chi connectivity index (χ0v) is 6.85. The van der Waals surface area contributed by atoms with Crippen molar-refractivity contribution in [1.29, 1.82) is 0 Å². The third-order valence-electron chi connectivity index (χ3n) is 1.70. The summed E-state index contributed by atoms with van der Waals surface area (Å²) in [5.41, 5.74) is 0.811. The number of nitrogens with zero attached hydrogens (tertiary/aromatic N) is 1. The molecule has 3 heteroatoms. The van der Waals surface area contributed by atoms with E-state index in [0.717, 1.165) is 5.56 Å². The van der Waals surface area contributed by atoms with Crippen LogP contribution in [0.25, 0.3) is 0 Å². The molecule has 0 bridgehead atoms. The van der Waals surface area contributed by atoms with E-state index in [1.54, 1.807) is 18.5 Å².